The van der Waals surface area contributed by atoms with Crippen LogP contribution in [0.1, 0.15) is 141 Å². The van der Waals surface area contributed by atoms with E-state index in [9.17, 15) is 67.7 Å². The Morgan fingerprint density at radius 1 is 0.539 bits per heavy atom. The summed E-state index contributed by atoms with van der Waals surface area (Å²) < 4.78 is 0. The van der Waals surface area contributed by atoms with Crippen molar-refractivity contribution in [3.05, 3.63) is 29.8 Å². The summed E-state index contributed by atoms with van der Waals surface area (Å²) in [4.78, 5) is 162. The number of nitrogens with zero attached hydrogens (tertiary/aromatic N) is 1. The van der Waals surface area contributed by atoms with Crippen molar-refractivity contribution in [1.29, 1.82) is 0 Å². The average Bonchev–Trinajstić information content (AvgIpc) is 3.85. The van der Waals surface area contributed by atoms with Gasteiger partial charge in [-0.1, -0.05) is 89.7 Å². The largest absolute Gasteiger partial charge is 0.508 e. The van der Waals surface area contributed by atoms with Crippen molar-refractivity contribution in [2.24, 2.45) is 22.9 Å². The van der Waals surface area contributed by atoms with Gasteiger partial charge in [-0.2, -0.15) is 0 Å². The number of unbranched alkanes of at least 4 members (excludes halogenated alkanes) is 10. The fourth-order valence-corrected chi connectivity index (χ4v) is 8.97. The van der Waals surface area contributed by atoms with E-state index in [-0.39, 0.29) is 38.0 Å². The van der Waals surface area contributed by atoms with Gasteiger partial charge in [0, 0.05) is 31.8 Å². The topological polar surface area (TPSA) is 437 Å². The van der Waals surface area contributed by atoms with Gasteiger partial charge >= 0.3 is 0 Å². The summed E-state index contributed by atoms with van der Waals surface area (Å²) in [6, 6.07) is -7.34. The standard InChI is InChI=1S/C50H78N12O14/c1-2-3-4-5-6-7-8-9-10-11-12-14-30-24-43(69)56-34(25-40(52)66)46(72)58-33(23-29-16-18-31(64)19-17-29)45(71)59-36(27-42(54)68)47(73)57-32(20-21-39(51)65)50(76)62-22-13-15-38(62)49(75)61-37(28-63)48(74)60-35(26-41(53)67)44(70)55-30/h16-19,30,32-38,63-64H,2-15,20-28H2,1H3,(H2,51,65)(H2,52,66)(H2,53,67)(H2,54,68)(H,55,70)(H,56,69)(H,57,73)(H,58,72)(H,59,71)(H,60,74)(H,61,75)/t30-,32+,33-,34?,35+,36-,37-,38+/m1/s1. The SMILES string of the molecule is CCCCCCCCCCCCC[C@@H]1CC(=O)NC(CC(N)=O)C(=O)N[C@H](Cc2ccc(O)cc2)C(=O)N[C@H](CC(N)=O)C(=O)N[C@@H](CCC(N)=O)C(=O)N2CCC[C@H]2C(=O)N[C@H](CO)C(=O)N[C@@H](CC(N)=O)C(=O)N1. The molecular formula is C50H78N12O14. The first kappa shape index (κ1) is 62.9. The predicted octanol–water partition coefficient (Wildman–Crippen LogP) is -2.69. The number of benzene rings is 1. The number of carbonyl (C=O) groups excluding carboxylic acids is 12. The van der Waals surface area contributed by atoms with Crippen LogP contribution in [-0.4, -0.2) is 147 Å². The van der Waals surface area contributed by atoms with Crippen LogP contribution < -0.4 is 60.2 Å². The molecule has 2 heterocycles. The van der Waals surface area contributed by atoms with E-state index in [1.807, 2.05) is 0 Å². The fraction of sp³-hybridized carbons (Fsp3) is 0.640. The zero-order chi connectivity index (χ0) is 56.3. The number of aromatic hydroxyl groups is 1. The highest BCUT2D eigenvalue weighted by molar-refractivity contribution is 6.00. The van der Waals surface area contributed by atoms with Crippen molar-refractivity contribution < 1.29 is 67.7 Å². The van der Waals surface area contributed by atoms with E-state index in [1.54, 1.807) is 0 Å². The lowest BCUT2D eigenvalue weighted by molar-refractivity contribution is -0.143. The molecule has 0 radical (unpaired) electrons. The number of rotatable bonds is 24. The van der Waals surface area contributed by atoms with Gasteiger partial charge in [0.05, 0.1) is 25.9 Å². The lowest BCUT2D eigenvalue weighted by atomic mass is 10.0. The molecule has 0 saturated carbocycles. The second kappa shape index (κ2) is 32.8. The van der Waals surface area contributed by atoms with Gasteiger partial charge in [0.25, 0.3) is 0 Å². The molecule has 2 saturated heterocycles. The number of aliphatic hydroxyl groups excluding tert-OH is 1. The van der Waals surface area contributed by atoms with Crippen LogP contribution >= 0.6 is 0 Å². The Bertz CT molecular complexity index is 2200. The van der Waals surface area contributed by atoms with E-state index in [1.165, 1.54) is 43.5 Å². The lowest BCUT2D eigenvalue weighted by Crippen LogP contribution is -2.60. The van der Waals surface area contributed by atoms with Gasteiger partial charge in [-0.15, -0.1) is 0 Å². The molecule has 2 fully saturated rings. The summed E-state index contributed by atoms with van der Waals surface area (Å²) in [6.45, 7) is 1.04. The lowest BCUT2D eigenvalue weighted by Gasteiger charge is -2.30. The summed E-state index contributed by atoms with van der Waals surface area (Å²) in [5, 5.41) is 37.2. The highest BCUT2D eigenvalue weighted by Crippen LogP contribution is 2.21. The van der Waals surface area contributed by atoms with Gasteiger partial charge < -0.3 is 75.3 Å². The van der Waals surface area contributed by atoms with Crippen LogP contribution in [0.3, 0.4) is 0 Å². The van der Waals surface area contributed by atoms with Gasteiger partial charge in [0.2, 0.25) is 70.9 Å². The second-order valence-electron chi connectivity index (χ2n) is 19.4. The van der Waals surface area contributed by atoms with E-state index >= 15 is 0 Å². The van der Waals surface area contributed by atoms with Crippen molar-refractivity contribution in [3.63, 3.8) is 0 Å². The summed E-state index contributed by atoms with van der Waals surface area (Å²) in [5.74, 6) is -12.5. The Labute approximate surface area is 441 Å². The molecule has 17 N–H and O–H groups in total. The number of nitrogens with two attached hydrogens (primary N) is 4. The second-order valence-corrected chi connectivity index (χ2v) is 19.4. The molecule has 8 atom stereocenters. The molecule has 2 aliphatic heterocycles. The van der Waals surface area contributed by atoms with Gasteiger partial charge in [0.15, 0.2) is 0 Å². The maximum atomic E-state index is 14.3. The molecule has 26 heteroatoms. The van der Waals surface area contributed by atoms with Gasteiger partial charge in [-0.05, 0) is 43.4 Å². The minimum atomic E-state index is -1.85. The molecule has 26 nitrogen and oxygen atoms in total. The smallest absolute Gasteiger partial charge is 0.245 e. The van der Waals surface area contributed by atoms with Crippen LogP contribution in [-0.2, 0) is 64.0 Å². The number of aliphatic hydroxyl groups is 1. The van der Waals surface area contributed by atoms with Crippen LogP contribution in [0, 0.1) is 0 Å². The number of amides is 12. The molecule has 1 aromatic rings. The fourth-order valence-electron chi connectivity index (χ4n) is 8.97. The minimum absolute atomic E-state index is 0.0173. The van der Waals surface area contributed by atoms with E-state index in [0.717, 1.165) is 43.4 Å². The molecule has 1 aromatic carbocycles. The highest BCUT2D eigenvalue weighted by atomic mass is 16.3. The Morgan fingerprint density at radius 2 is 0.987 bits per heavy atom. The molecule has 0 aromatic heterocycles. The zero-order valence-corrected chi connectivity index (χ0v) is 43.2. The number of carbonyl (C=O) groups is 12. The third-order valence-corrected chi connectivity index (χ3v) is 13.0. The summed E-state index contributed by atoms with van der Waals surface area (Å²) >= 11 is 0. The maximum absolute atomic E-state index is 14.3. The number of hydrogen-bond acceptors (Lipinski definition) is 14. The molecule has 0 aliphatic carbocycles. The number of fused-ring (bicyclic) bond motifs is 1. The number of phenolic OH excluding ortho intramolecular Hbond substituents is 1. The molecule has 12 amide bonds. The van der Waals surface area contributed by atoms with Crippen LogP contribution in [0.25, 0.3) is 0 Å². The number of primary amides is 4. The van der Waals surface area contributed by atoms with Crippen molar-refractivity contribution in [2.75, 3.05) is 13.2 Å². The Hall–Kier alpha value is -7.38. The van der Waals surface area contributed by atoms with Crippen LogP contribution in [0.2, 0.25) is 0 Å². The van der Waals surface area contributed by atoms with Crippen LogP contribution in [0.4, 0.5) is 0 Å². The third kappa shape index (κ3) is 22.6. The van der Waals surface area contributed by atoms with Crippen LogP contribution in [0.15, 0.2) is 24.3 Å². The molecule has 3 rings (SSSR count). The molecule has 1 unspecified atom stereocenters. The molecular weight excluding hydrogens is 993 g/mol. The Morgan fingerprint density at radius 3 is 1.50 bits per heavy atom. The average molecular weight is 1070 g/mol. The Kier molecular flexibility index (Phi) is 27.2. The monoisotopic (exact) mass is 1070 g/mol. The highest BCUT2D eigenvalue weighted by Gasteiger charge is 2.41. The minimum Gasteiger partial charge on any atom is -0.508 e. The maximum Gasteiger partial charge on any atom is 0.245 e. The van der Waals surface area contributed by atoms with Gasteiger partial charge in [-0.25, -0.2) is 0 Å². The van der Waals surface area contributed by atoms with E-state index in [4.69, 9.17) is 22.9 Å². The molecule has 0 spiro atoms. The summed E-state index contributed by atoms with van der Waals surface area (Å²) in [5.41, 5.74) is 22.2. The van der Waals surface area contributed by atoms with Gasteiger partial charge in [0.1, 0.15) is 48.0 Å². The predicted molar refractivity (Wildman–Crippen MR) is 273 cm³/mol. The normalized spacial score (nSPS) is 23.7. The quantitative estimate of drug-likeness (QED) is 0.0469. The molecule has 0 bridgehead atoms. The van der Waals surface area contributed by atoms with Crippen molar-refractivity contribution in [2.45, 2.75) is 190 Å². The van der Waals surface area contributed by atoms with Gasteiger partial charge in [-0.3, -0.25) is 57.5 Å². The molecule has 422 valence electrons. The van der Waals surface area contributed by atoms with E-state index in [2.05, 4.69) is 44.1 Å². The van der Waals surface area contributed by atoms with Crippen LogP contribution in [0.5, 0.6) is 5.75 Å². The number of nitrogens with one attached hydrogen (secondary N) is 7. The van der Waals surface area contributed by atoms with Crippen molar-refractivity contribution in [3.8, 4) is 5.75 Å². The molecule has 2 aliphatic rings. The van der Waals surface area contributed by atoms with E-state index in [0.29, 0.717) is 18.4 Å². The zero-order valence-electron chi connectivity index (χ0n) is 43.2. The summed E-state index contributed by atoms with van der Waals surface area (Å²) in [6.07, 6.45) is 7.09. The Balaban J connectivity index is 2.10. The van der Waals surface area contributed by atoms with E-state index < -0.39 is 164 Å². The first-order valence-electron chi connectivity index (χ1n) is 26.1. The number of hydrogen-bond donors (Lipinski definition) is 13. The first-order chi connectivity index (χ1) is 36.1. The van der Waals surface area contributed by atoms with Crippen molar-refractivity contribution in [1.82, 2.24) is 42.1 Å². The first-order valence-corrected chi connectivity index (χ1v) is 26.1. The van der Waals surface area contributed by atoms with Crippen molar-refractivity contribution >= 4 is 70.9 Å². The number of phenols is 1. The summed E-state index contributed by atoms with van der Waals surface area (Å²) in [7, 11) is 0. The molecule has 76 heavy (non-hydrogen) atoms. The third-order valence-electron chi connectivity index (χ3n) is 13.0.